The molecular weight excluding hydrogens is 278 g/mol. The molecule has 0 fully saturated rings. The molecule has 0 aliphatic carbocycles. The Morgan fingerprint density at radius 1 is 1.40 bits per heavy atom. The van der Waals surface area contributed by atoms with E-state index in [9.17, 15) is 13.2 Å². The summed E-state index contributed by atoms with van der Waals surface area (Å²) >= 11 is 0. The monoisotopic (exact) mass is 297 g/mol. The molecule has 1 aliphatic rings. The zero-order valence-corrected chi connectivity index (χ0v) is 12.3. The Kier molecular flexibility index (Phi) is 4.32. The number of hydrogen-bond acceptors (Lipinski definition) is 3. The predicted molar refractivity (Wildman–Crippen MR) is 77.3 cm³/mol. The summed E-state index contributed by atoms with van der Waals surface area (Å²) < 4.78 is 26.3. The van der Waals surface area contributed by atoms with Gasteiger partial charge in [0.2, 0.25) is 10.0 Å². The Morgan fingerprint density at radius 3 is 2.80 bits per heavy atom. The van der Waals surface area contributed by atoms with Crippen LogP contribution in [0, 0.1) is 5.92 Å². The first-order chi connectivity index (χ1) is 9.40. The molecule has 0 bridgehead atoms. The van der Waals surface area contributed by atoms with Gasteiger partial charge in [-0.15, -0.1) is 0 Å². The molecule has 6 heteroatoms. The second-order valence-corrected chi connectivity index (χ2v) is 7.30. The molecule has 0 saturated heterocycles. The number of nitrogens with zero attached hydrogens (tertiary/aromatic N) is 1. The van der Waals surface area contributed by atoms with Crippen LogP contribution in [0.4, 0.5) is 5.69 Å². The van der Waals surface area contributed by atoms with Gasteiger partial charge in [-0.2, -0.15) is 0 Å². The Balaban J connectivity index is 2.21. The molecular formula is C14H19NO4S. The molecule has 1 unspecified atom stereocenters. The van der Waals surface area contributed by atoms with Gasteiger partial charge in [0.25, 0.3) is 0 Å². The number of aliphatic carboxylic acids is 1. The number of hydrogen-bond donors (Lipinski definition) is 1. The third kappa shape index (κ3) is 3.30. The van der Waals surface area contributed by atoms with E-state index in [0.717, 1.165) is 17.7 Å². The van der Waals surface area contributed by atoms with E-state index in [2.05, 4.69) is 0 Å². The molecule has 0 spiro atoms. The maximum Gasteiger partial charge on any atom is 0.303 e. The van der Waals surface area contributed by atoms with E-state index in [1.165, 1.54) is 4.31 Å². The lowest BCUT2D eigenvalue weighted by molar-refractivity contribution is -0.137. The fourth-order valence-corrected chi connectivity index (χ4v) is 4.22. The lowest BCUT2D eigenvalue weighted by atomic mass is 9.96. The highest BCUT2D eigenvalue weighted by Crippen LogP contribution is 2.31. The minimum atomic E-state index is -3.46. The van der Waals surface area contributed by atoms with Gasteiger partial charge >= 0.3 is 5.97 Å². The molecule has 1 N–H and O–H groups in total. The predicted octanol–water partition coefficient (Wildman–Crippen LogP) is 1.88. The van der Waals surface area contributed by atoms with Gasteiger partial charge in [-0.05, 0) is 30.4 Å². The molecule has 1 aromatic rings. The topological polar surface area (TPSA) is 74.7 Å². The minimum Gasteiger partial charge on any atom is -0.481 e. The SMILES string of the molecule is CC1Cc2ccccc2N(S(=O)(=O)CCCC(=O)O)C1. The molecule has 1 atom stereocenters. The third-order valence-corrected chi connectivity index (χ3v) is 5.26. The van der Waals surface area contributed by atoms with Crippen molar-refractivity contribution in [2.24, 2.45) is 5.92 Å². The van der Waals surface area contributed by atoms with E-state index in [1.807, 2.05) is 31.2 Å². The average molecular weight is 297 g/mol. The highest BCUT2D eigenvalue weighted by atomic mass is 32.2. The molecule has 5 nitrogen and oxygen atoms in total. The van der Waals surface area contributed by atoms with Gasteiger partial charge in [0.05, 0.1) is 11.4 Å². The second-order valence-electron chi connectivity index (χ2n) is 5.28. The molecule has 0 radical (unpaired) electrons. The zero-order valence-electron chi connectivity index (χ0n) is 11.4. The Hall–Kier alpha value is -1.56. The summed E-state index contributed by atoms with van der Waals surface area (Å²) in [6.45, 7) is 2.49. The van der Waals surface area contributed by atoms with Crippen LogP contribution >= 0.6 is 0 Å². The van der Waals surface area contributed by atoms with Gasteiger partial charge in [-0.1, -0.05) is 25.1 Å². The standard InChI is InChI=1S/C14H19NO4S/c1-11-9-12-5-2-3-6-13(12)15(10-11)20(18,19)8-4-7-14(16)17/h2-3,5-6,11H,4,7-10H2,1H3,(H,16,17). The lowest BCUT2D eigenvalue weighted by Crippen LogP contribution is -2.40. The van der Waals surface area contributed by atoms with Crippen LogP contribution in [0.15, 0.2) is 24.3 Å². The summed E-state index contributed by atoms with van der Waals surface area (Å²) in [4.78, 5) is 10.5. The van der Waals surface area contributed by atoms with Gasteiger partial charge in [0.15, 0.2) is 0 Å². The molecule has 110 valence electrons. The molecule has 1 aromatic carbocycles. The summed E-state index contributed by atoms with van der Waals surface area (Å²) in [6, 6.07) is 7.50. The largest absolute Gasteiger partial charge is 0.481 e. The van der Waals surface area contributed by atoms with E-state index in [-0.39, 0.29) is 24.5 Å². The van der Waals surface area contributed by atoms with Crippen LogP contribution in [0.2, 0.25) is 0 Å². The van der Waals surface area contributed by atoms with Crippen molar-refractivity contribution < 1.29 is 18.3 Å². The zero-order chi connectivity index (χ0) is 14.8. The summed E-state index contributed by atoms with van der Waals surface area (Å²) in [7, 11) is -3.46. The molecule has 2 rings (SSSR count). The number of carbonyl (C=O) groups is 1. The maximum absolute atomic E-state index is 12.4. The van der Waals surface area contributed by atoms with Crippen LogP contribution in [0.1, 0.15) is 25.3 Å². The van der Waals surface area contributed by atoms with Gasteiger partial charge < -0.3 is 5.11 Å². The van der Waals surface area contributed by atoms with Crippen molar-refractivity contribution in [2.45, 2.75) is 26.2 Å². The first-order valence-electron chi connectivity index (χ1n) is 6.70. The van der Waals surface area contributed by atoms with Crippen molar-refractivity contribution in [3.05, 3.63) is 29.8 Å². The molecule has 1 aliphatic heterocycles. The van der Waals surface area contributed by atoms with Gasteiger partial charge in [-0.25, -0.2) is 8.42 Å². The highest BCUT2D eigenvalue weighted by Gasteiger charge is 2.29. The van der Waals surface area contributed by atoms with Crippen molar-refractivity contribution in [1.82, 2.24) is 0 Å². The quantitative estimate of drug-likeness (QED) is 0.900. The Labute approximate surface area is 119 Å². The van der Waals surface area contributed by atoms with Gasteiger partial charge in [0.1, 0.15) is 0 Å². The molecule has 1 heterocycles. The van der Waals surface area contributed by atoms with Crippen LogP contribution in [0.25, 0.3) is 0 Å². The summed E-state index contributed by atoms with van der Waals surface area (Å²) in [5.41, 5.74) is 1.77. The van der Waals surface area contributed by atoms with E-state index in [4.69, 9.17) is 5.11 Å². The highest BCUT2D eigenvalue weighted by molar-refractivity contribution is 7.92. The van der Waals surface area contributed by atoms with Crippen LogP contribution in [0.5, 0.6) is 0 Å². The number of para-hydroxylation sites is 1. The van der Waals surface area contributed by atoms with Crippen LogP contribution in [-0.4, -0.2) is 31.8 Å². The third-order valence-electron chi connectivity index (χ3n) is 3.43. The Bertz CT molecular complexity index is 597. The van der Waals surface area contributed by atoms with Crippen molar-refractivity contribution >= 4 is 21.7 Å². The number of rotatable bonds is 5. The number of anilines is 1. The van der Waals surface area contributed by atoms with Gasteiger partial charge in [0, 0.05) is 13.0 Å². The summed E-state index contributed by atoms with van der Waals surface area (Å²) in [6.07, 6.45) is 0.895. The van der Waals surface area contributed by atoms with Crippen LogP contribution in [0.3, 0.4) is 0 Å². The molecule has 0 saturated carbocycles. The number of benzene rings is 1. The van der Waals surface area contributed by atoms with E-state index in [1.54, 1.807) is 0 Å². The van der Waals surface area contributed by atoms with Crippen molar-refractivity contribution in [3.63, 3.8) is 0 Å². The maximum atomic E-state index is 12.4. The van der Waals surface area contributed by atoms with Crippen molar-refractivity contribution in [3.8, 4) is 0 Å². The van der Waals surface area contributed by atoms with Crippen molar-refractivity contribution in [2.75, 3.05) is 16.6 Å². The molecule has 0 amide bonds. The van der Waals surface area contributed by atoms with Gasteiger partial charge in [-0.3, -0.25) is 9.10 Å². The summed E-state index contributed by atoms with van der Waals surface area (Å²) in [5, 5.41) is 8.61. The smallest absolute Gasteiger partial charge is 0.303 e. The first kappa shape index (κ1) is 14.8. The average Bonchev–Trinajstić information content (AvgIpc) is 2.37. The normalized spacial score (nSPS) is 18.6. The van der Waals surface area contributed by atoms with Crippen LogP contribution in [-0.2, 0) is 21.2 Å². The minimum absolute atomic E-state index is 0.121. The molecule has 20 heavy (non-hydrogen) atoms. The molecule has 0 aromatic heterocycles. The number of carboxylic acids is 1. The fraction of sp³-hybridized carbons (Fsp3) is 0.500. The summed E-state index contributed by atoms with van der Waals surface area (Å²) in [5.74, 6) is -0.827. The number of carboxylic acid groups (broad SMARTS) is 1. The van der Waals surface area contributed by atoms with Crippen molar-refractivity contribution in [1.29, 1.82) is 0 Å². The number of sulfonamides is 1. The lowest BCUT2D eigenvalue weighted by Gasteiger charge is -2.33. The Morgan fingerprint density at radius 2 is 2.10 bits per heavy atom. The first-order valence-corrected chi connectivity index (χ1v) is 8.31. The number of fused-ring (bicyclic) bond motifs is 1. The van der Waals surface area contributed by atoms with E-state index < -0.39 is 16.0 Å². The fourth-order valence-electron chi connectivity index (χ4n) is 2.53. The van der Waals surface area contributed by atoms with Crippen LogP contribution < -0.4 is 4.31 Å². The van der Waals surface area contributed by atoms with E-state index >= 15 is 0 Å². The van der Waals surface area contributed by atoms with E-state index in [0.29, 0.717) is 6.54 Å². The second kappa shape index (κ2) is 5.83.